The highest BCUT2D eigenvalue weighted by Crippen LogP contribution is 2.42. The second-order valence-corrected chi connectivity index (χ2v) is 7.31. The van der Waals surface area contributed by atoms with Crippen molar-refractivity contribution in [3.8, 4) is 5.69 Å². The van der Waals surface area contributed by atoms with Gasteiger partial charge in [0.15, 0.2) is 0 Å². The number of hydrogen-bond acceptors (Lipinski definition) is 3. The molecule has 0 atom stereocenters. The van der Waals surface area contributed by atoms with Crippen LogP contribution >= 0.6 is 0 Å². The van der Waals surface area contributed by atoms with Crippen molar-refractivity contribution in [1.82, 2.24) is 19.6 Å². The zero-order valence-electron chi connectivity index (χ0n) is 15.6. The number of rotatable bonds is 3. The molecule has 1 saturated carbocycles. The van der Waals surface area contributed by atoms with Crippen molar-refractivity contribution in [1.29, 1.82) is 0 Å². The van der Waals surface area contributed by atoms with E-state index in [2.05, 4.69) is 5.10 Å². The fraction of sp³-hybridized carbons (Fsp3) is 0.450. The van der Waals surface area contributed by atoms with Crippen LogP contribution in [0.1, 0.15) is 47.4 Å². The molecule has 0 N–H and O–H groups in total. The van der Waals surface area contributed by atoms with E-state index in [9.17, 15) is 14.0 Å². The van der Waals surface area contributed by atoms with Gasteiger partial charge in [-0.25, -0.2) is 9.07 Å². The maximum Gasteiger partial charge on any atom is 0.257 e. The van der Waals surface area contributed by atoms with E-state index in [1.807, 2.05) is 6.92 Å². The summed E-state index contributed by atoms with van der Waals surface area (Å²) in [6.45, 7) is 5.56. The van der Waals surface area contributed by atoms with Gasteiger partial charge in [0.25, 0.3) is 5.91 Å². The van der Waals surface area contributed by atoms with Crippen molar-refractivity contribution in [2.24, 2.45) is 0 Å². The first-order valence-electron chi connectivity index (χ1n) is 9.36. The molecule has 0 radical (unpaired) electrons. The first-order valence-corrected chi connectivity index (χ1v) is 9.36. The third-order valence-electron chi connectivity index (χ3n) is 5.39. The summed E-state index contributed by atoms with van der Waals surface area (Å²) in [6, 6.07) is 6.26. The van der Waals surface area contributed by atoms with E-state index >= 15 is 0 Å². The Hall–Kier alpha value is -2.70. The molecule has 1 aliphatic carbocycles. The number of hydrogen-bond donors (Lipinski definition) is 0. The Morgan fingerprint density at radius 1 is 1.11 bits per heavy atom. The van der Waals surface area contributed by atoms with Gasteiger partial charge in [0.1, 0.15) is 5.82 Å². The molecule has 2 aliphatic rings. The van der Waals surface area contributed by atoms with Crippen molar-refractivity contribution in [3.63, 3.8) is 0 Å². The smallest absolute Gasteiger partial charge is 0.257 e. The lowest BCUT2D eigenvalue weighted by Gasteiger charge is -2.34. The van der Waals surface area contributed by atoms with Gasteiger partial charge in [-0.3, -0.25) is 9.59 Å². The molecule has 4 rings (SSSR count). The van der Waals surface area contributed by atoms with E-state index in [1.54, 1.807) is 33.5 Å². The Bertz CT molecular complexity index is 895. The molecule has 142 valence electrons. The van der Waals surface area contributed by atoms with Crippen LogP contribution in [-0.4, -0.2) is 57.6 Å². The van der Waals surface area contributed by atoms with Crippen LogP contribution in [0.25, 0.3) is 5.69 Å². The maximum absolute atomic E-state index is 13.7. The third-order valence-corrected chi connectivity index (χ3v) is 5.39. The normalized spacial score (nSPS) is 17.3. The predicted octanol–water partition coefficient (Wildman–Crippen LogP) is 2.50. The quantitative estimate of drug-likeness (QED) is 0.834. The first-order chi connectivity index (χ1) is 13.0. The lowest BCUT2D eigenvalue weighted by molar-refractivity contribution is -0.130. The average Bonchev–Trinajstić information content (AvgIpc) is 3.44. The van der Waals surface area contributed by atoms with Crippen molar-refractivity contribution >= 4 is 11.8 Å². The fourth-order valence-electron chi connectivity index (χ4n) is 3.67. The summed E-state index contributed by atoms with van der Waals surface area (Å²) in [5.74, 6) is -0.0318. The first kappa shape index (κ1) is 17.7. The zero-order chi connectivity index (χ0) is 19.1. The fourth-order valence-corrected chi connectivity index (χ4v) is 3.67. The molecule has 0 spiro atoms. The molecule has 6 nitrogen and oxygen atoms in total. The van der Waals surface area contributed by atoms with E-state index in [1.165, 1.54) is 12.1 Å². The minimum absolute atomic E-state index is 0.0378. The second kappa shape index (κ2) is 6.79. The van der Waals surface area contributed by atoms with Gasteiger partial charge in [0.05, 0.1) is 22.6 Å². The Morgan fingerprint density at radius 3 is 2.37 bits per heavy atom. The summed E-state index contributed by atoms with van der Waals surface area (Å²) >= 11 is 0. The van der Waals surface area contributed by atoms with Crippen molar-refractivity contribution in [2.45, 2.75) is 32.6 Å². The van der Waals surface area contributed by atoms with Crippen molar-refractivity contribution in [3.05, 3.63) is 47.0 Å². The average molecular weight is 370 g/mol. The molecule has 2 fully saturated rings. The topological polar surface area (TPSA) is 58.4 Å². The highest BCUT2D eigenvalue weighted by molar-refractivity contribution is 5.97. The number of aromatic nitrogens is 2. The van der Waals surface area contributed by atoms with Crippen LogP contribution in [0.15, 0.2) is 24.3 Å². The molecule has 7 heteroatoms. The lowest BCUT2D eigenvalue weighted by Crippen LogP contribution is -2.50. The number of carbonyl (C=O) groups excluding carboxylic acids is 2. The largest absolute Gasteiger partial charge is 0.339 e. The van der Waals surface area contributed by atoms with E-state index in [4.69, 9.17) is 0 Å². The number of piperazine rings is 1. The van der Waals surface area contributed by atoms with E-state index in [0.29, 0.717) is 43.3 Å². The summed E-state index contributed by atoms with van der Waals surface area (Å²) < 4.78 is 15.3. The highest BCUT2D eigenvalue weighted by Gasteiger charge is 2.36. The van der Waals surface area contributed by atoms with Gasteiger partial charge < -0.3 is 9.80 Å². The third kappa shape index (κ3) is 3.34. The van der Waals surface area contributed by atoms with Crippen LogP contribution < -0.4 is 0 Å². The summed E-state index contributed by atoms with van der Waals surface area (Å²) in [6.07, 6.45) is 2.05. The monoisotopic (exact) mass is 370 g/mol. The Labute approximate surface area is 157 Å². The van der Waals surface area contributed by atoms with Crippen LogP contribution in [0, 0.1) is 12.7 Å². The van der Waals surface area contributed by atoms with Gasteiger partial charge in [-0.05, 0) is 38.0 Å². The van der Waals surface area contributed by atoms with Crippen LogP contribution in [-0.2, 0) is 4.79 Å². The van der Waals surface area contributed by atoms with Crippen LogP contribution in [0.4, 0.5) is 4.39 Å². The van der Waals surface area contributed by atoms with Crippen LogP contribution in [0.3, 0.4) is 0 Å². The SMILES string of the molecule is CC(=O)N1CCN(C(=O)c2c(C3CC3)nn(-c3cccc(F)c3)c2C)CC1. The van der Waals surface area contributed by atoms with Crippen LogP contribution in [0.5, 0.6) is 0 Å². The molecular weight excluding hydrogens is 347 g/mol. The lowest BCUT2D eigenvalue weighted by atomic mass is 10.1. The van der Waals surface area contributed by atoms with E-state index in [0.717, 1.165) is 24.2 Å². The number of halogens is 1. The summed E-state index contributed by atoms with van der Waals surface area (Å²) in [7, 11) is 0. The number of amides is 2. The molecular formula is C20H23FN4O2. The summed E-state index contributed by atoms with van der Waals surface area (Å²) in [5.41, 5.74) is 2.81. The summed E-state index contributed by atoms with van der Waals surface area (Å²) in [5, 5.41) is 4.68. The minimum Gasteiger partial charge on any atom is -0.339 e. The minimum atomic E-state index is -0.330. The molecule has 0 bridgehead atoms. The number of carbonyl (C=O) groups is 2. The van der Waals surface area contributed by atoms with Gasteiger partial charge in [-0.1, -0.05) is 6.07 Å². The van der Waals surface area contributed by atoms with Gasteiger partial charge in [-0.15, -0.1) is 0 Å². The molecule has 2 amide bonds. The molecule has 27 heavy (non-hydrogen) atoms. The van der Waals surface area contributed by atoms with E-state index < -0.39 is 0 Å². The Morgan fingerprint density at radius 2 is 1.78 bits per heavy atom. The van der Waals surface area contributed by atoms with Crippen LogP contribution in [0.2, 0.25) is 0 Å². The molecule has 1 aromatic heterocycles. The molecule has 1 aromatic carbocycles. The summed E-state index contributed by atoms with van der Waals surface area (Å²) in [4.78, 5) is 28.3. The molecule has 2 aromatic rings. The van der Waals surface area contributed by atoms with Crippen molar-refractivity contribution in [2.75, 3.05) is 26.2 Å². The maximum atomic E-state index is 13.7. The second-order valence-electron chi connectivity index (χ2n) is 7.31. The standard InChI is InChI=1S/C20H23FN4O2/c1-13-18(20(27)24-10-8-23(9-11-24)14(2)26)19(15-6-7-15)22-25(13)17-5-3-4-16(21)12-17/h3-5,12,15H,6-11H2,1-2H3. The van der Waals surface area contributed by atoms with Gasteiger partial charge in [-0.2, -0.15) is 5.10 Å². The molecule has 2 heterocycles. The molecule has 1 saturated heterocycles. The van der Waals surface area contributed by atoms with E-state index in [-0.39, 0.29) is 17.6 Å². The zero-order valence-corrected chi connectivity index (χ0v) is 15.6. The highest BCUT2D eigenvalue weighted by atomic mass is 19.1. The Balaban J connectivity index is 1.66. The van der Waals surface area contributed by atoms with Crippen molar-refractivity contribution < 1.29 is 14.0 Å². The van der Waals surface area contributed by atoms with Gasteiger partial charge in [0, 0.05) is 39.0 Å². The number of nitrogens with zero attached hydrogens (tertiary/aromatic N) is 4. The predicted molar refractivity (Wildman–Crippen MR) is 98.4 cm³/mol. The Kier molecular flexibility index (Phi) is 4.45. The molecule has 0 unspecified atom stereocenters. The van der Waals surface area contributed by atoms with Gasteiger partial charge in [0.2, 0.25) is 5.91 Å². The molecule has 1 aliphatic heterocycles. The van der Waals surface area contributed by atoms with Gasteiger partial charge >= 0.3 is 0 Å². The number of benzene rings is 1.